The first kappa shape index (κ1) is 21.0. The minimum Gasteiger partial charge on any atom is -0.370 e. The fourth-order valence-corrected chi connectivity index (χ4v) is 2.84. The number of hydrogen-bond acceptors (Lipinski definition) is 2. The molecule has 3 heteroatoms. The van der Waals surface area contributed by atoms with Crippen molar-refractivity contribution in [1.82, 2.24) is 4.98 Å². The minimum atomic E-state index is 0.536. The summed E-state index contributed by atoms with van der Waals surface area (Å²) in [5.41, 5.74) is 3.05. The summed E-state index contributed by atoms with van der Waals surface area (Å²) in [6.07, 6.45) is 6.58. The van der Waals surface area contributed by atoms with Gasteiger partial charge in [0.05, 0.1) is 11.4 Å². The van der Waals surface area contributed by atoms with Crippen molar-refractivity contribution in [2.24, 2.45) is 0 Å². The van der Waals surface area contributed by atoms with Gasteiger partial charge in [-0.2, -0.15) is 0 Å². The molecule has 0 atom stereocenters. The van der Waals surface area contributed by atoms with Crippen molar-refractivity contribution in [1.29, 1.82) is 0 Å². The average Bonchev–Trinajstić information content (AvgIpc) is 2.58. The number of nitrogens with zero attached hydrogens (tertiary/aromatic N) is 2. The van der Waals surface area contributed by atoms with Crippen molar-refractivity contribution in [3.8, 4) is 0 Å². The molecule has 1 aromatic heterocycles. The number of anilines is 1. The Hall–Kier alpha value is -1.02. The van der Waals surface area contributed by atoms with Crippen molar-refractivity contribution in [3.05, 3.63) is 29.6 Å². The van der Waals surface area contributed by atoms with Gasteiger partial charge in [0.1, 0.15) is 5.15 Å². The highest BCUT2D eigenvalue weighted by Gasteiger charge is 2.21. The van der Waals surface area contributed by atoms with Crippen LogP contribution < -0.4 is 4.90 Å². The standard InChI is InChI=1S/C15H21ClN2.2C2H6/c1-11(2)15-13(9-10-14(16)17-15)18(3)12-7-5-4-6-8-12;2*1-2/h9-10,12H,1,4-8H2,2-3H3;2*1-2H3. The number of halogens is 1. The lowest BCUT2D eigenvalue weighted by molar-refractivity contribution is 0.427. The molecular formula is C19H33ClN2. The second-order valence-corrected chi connectivity index (χ2v) is 5.57. The molecule has 0 bridgehead atoms. The SMILES string of the molecule is C=C(C)c1nc(Cl)ccc1N(C)C1CCCCC1.CC.CC. The zero-order chi connectivity index (χ0) is 17.1. The van der Waals surface area contributed by atoms with Crippen molar-refractivity contribution < 1.29 is 0 Å². The maximum atomic E-state index is 5.98. The third-order valence-corrected chi connectivity index (χ3v) is 3.96. The van der Waals surface area contributed by atoms with Crippen molar-refractivity contribution >= 4 is 22.9 Å². The zero-order valence-electron chi connectivity index (χ0n) is 15.2. The Morgan fingerprint density at radius 1 is 1.14 bits per heavy atom. The van der Waals surface area contributed by atoms with E-state index in [0.29, 0.717) is 11.2 Å². The molecule has 126 valence electrons. The summed E-state index contributed by atoms with van der Waals surface area (Å²) in [5.74, 6) is 0. The lowest BCUT2D eigenvalue weighted by Crippen LogP contribution is -2.34. The van der Waals surface area contributed by atoms with Crippen LogP contribution in [-0.2, 0) is 0 Å². The predicted molar refractivity (Wildman–Crippen MR) is 102 cm³/mol. The summed E-state index contributed by atoms with van der Waals surface area (Å²) < 4.78 is 0. The quantitative estimate of drug-likeness (QED) is 0.583. The van der Waals surface area contributed by atoms with Crippen LogP contribution >= 0.6 is 11.6 Å². The third-order valence-electron chi connectivity index (χ3n) is 3.75. The number of hydrogen-bond donors (Lipinski definition) is 0. The van der Waals surface area contributed by atoms with E-state index < -0.39 is 0 Å². The molecule has 0 N–H and O–H groups in total. The number of allylic oxidation sites excluding steroid dienone is 1. The number of rotatable bonds is 3. The average molecular weight is 325 g/mol. The van der Waals surface area contributed by atoms with E-state index in [2.05, 4.69) is 29.6 Å². The van der Waals surface area contributed by atoms with Gasteiger partial charge >= 0.3 is 0 Å². The van der Waals surface area contributed by atoms with Gasteiger partial charge in [-0.05, 0) is 37.5 Å². The summed E-state index contributed by atoms with van der Waals surface area (Å²) in [6, 6.07) is 4.55. The third kappa shape index (κ3) is 6.00. The summed E-state index contributed by atoms with van der Waals surface area (Å²) in [6.45, 7) is 14.0. The van der Waals surface area contributed by atoms with E-state index in [1.165, 1.54) is 32.1 Å². The zero-order valence-corrected chi connectivity index (χ0v) is 16.0. The molecule has 0 radical (unpaired) electrons. The van der Waals surface area contributed by atoms with Crippen LogP contribution in [0.5, 0.6) is 0 Å². The van der Waals surface area contributed by atoms with Crippen LogP contribution in [0, 0.1) is 0 Å². The number of pyridine rings is 1. The second-order valence-electron chi connectivity index (χ2n) is 5.18. The molecule has 0 aliphatic heterocycles. The van der Waals surface area contributed by atoms with E-state index >= 15 is 0 Å². The van der Waals surface area contributed by atoms with Crippen LogP contribution in [-0.4, -0.2) is 18.1 Å². The van der Waals surface area contributed by atoms with Crippen LogP contribution in [0.15, 0.2) is 18.7 Å². The highest BCUT2D eigenvalue weighted by molar-refractivity contribution is 6.29. The maximum absolute atomic E-state index is 5.98. The van der Waals surface area contributed by atoms with Gasteiger partial charge in [0, 0.05) is 13.1 Å². The lowest BCUT2D eigenvalue weighted by Gasteiger charge is -2.34. The summed E-state index contributed by atoms with van der Waals surface area (Å²) >= 11 is 5.98. The Morgan fingerprint density at radius 3 is 2.18 bits per heavy atom. The second kappa shape index (κ2) is 11.5. The van der Waals surface area contributed by atoms with Crippen LogP contribution in [0.3, 0.4) is 0 Å². The fourth-order valence-electron chi connectivity index (χ4n) is 2.69. The summed E-state index contributed by atoms with van der Waals surface area (Å²) in [7, 11) is 2.16. The molecule has 0 unspecified atom stereocenters. The Kier molecular flexibility index (Phi) is 11.0. The van der Waals surface area contributed by atoms with E-state index in [9.17, 15) is 0 Å². The first-order valence-electron chi connectivity index (χ1n) is 8.65. The van der Waals surface area contributed by atoms with Crippen molar-refractivity contribution in [2.45, 2.75) is 72.8 Å². The molecule has 0 amide bonds. The van der Waals surface area contributed by atoms with Gasteiger partial charge in [0.15, 0.2) is 0 Å². The van der Waals surface area contributed by atoms with Gasteiger partial charge in [-0.3, -0.25) is 0 Å². The molecule has 1 aromatic rings. The molecule has 2 nitrogen and oxygen atoms in total. The minimum absolute atomic E-state index is 0.536. The Labute approximate surface area is 142 Å². The molecule has 1 fully saturated rings. The lowest BCUT2D eigenvalue weighted by atomic mass is 9.94. The first-order valence-corrected chi connectivity index (χ1v) is 9.02. The van der Waals surface area contributed by atoms with E-state index in [1.54, 1.807) is 0 Å². The van der Waals surface area contributed by atoms with Crippen LogP contribution in [0.1, 0.15) is 72.4 Å². The van der Waals surface area contributed by atoms with Crippen molar-refractivity contribution in [2.75, 3.05) is 11.9 Å². The number of aromatic nitrogens is 1. The van der Waals surface area contributed by atoms with Gasteiger partial charge in [0.25, 0.3) is 0 Å². The van der Waals surface area contributed by atoms with E-state index in [0.717, 1.165) is 17.0 Å². The van der Waals surface area contributed by atoms with Gasteiger partial charge in [-0.25, -0.2) is 4.98 Å². The van der Waals surface area contributed by atoms with Crippen LogP contribution in [0.2, 0.25) is 5.15 Å². The Bertz CT molecular complexity index is 437. The molecule has 1 aliphatic carbocycles. The van der Waals surface area contributed by atoms with E-state index in [4.69, 9.17) is 11.6 Å². The van der Waals surface area contributed by atoms with Crippen molar-refractivity contribution in [3.63, 3.8) is 0 Å². The Morgan fingerprint density at radius 2 is 1.68 bits per heavy atom. The Balaban J connectivity index is 0.00000102. The molecule has 0 spiro atoms. The molecule has 22 heavy (non-hydrogen) atoms. The predicted octanol–water partition coefficient (Wildman–Crippen LogP) is 6.59. The fraction of sp³-hybridized carbons (Fsp3) is 0.632. The van der Waals surface area contributed by atoms with Gasteiger partial charge in [-0.1, -0.05) is 65.1 Å². The normalized spacial score (nSPS) is 14.1. The first-order chi connectivity index (χ1) is 10.6. The molecule has 2 rings (SSSR count). The molecular weight excluding hydrogens is 292 g/mol. The largest absolute Gasteiger partial charge is 0.370 e. The van der Waals surface area contributed by atoms with E-state index in [-0.39, 0.29) is 0 Å². The molecule has 1 aliphatic rings. The highest BCUT2D eigenvalue weighted by atomic mass is 35.5. The molecule has 0 aromatic carbocycles. The molecule has 1 saturated carbocycles. The van der Waals surface area contributed by atoms with E-state index in [1.807, 2.05) is 40.7 Å². The summed E-state index contributed by atoms with van der Waals surface area (Å²) in [4.78, 5) is 6.77. The topological polar surface area (TPSA) is 16.1 Å². The molecule has 1 heterocycles. The smallest absolute Gasteiger partial charge is 0.129 e. The van der Waals surface area contributed by atoms with Gasteiger partial charge < -0.3 is 4.90 Å². The van der Waals surface area contributed by atoms with Gasteiger partial charge in [0.2, 0.25) is 0 Å². The summed E-state index contributed by atoms with van der Waals surface area (Å²) in [5, 5.41) is 0.536. The maximum Gasteiger partial charge on any atom is 0.129 e. The molecule has 0 saturated heterocycles. The monoisotopic (exact) mass is 324 g/mol. The van der Waals surface area contributed by atoms with Gasteiger partial charge in [-0.15, -0.1) is 0 Å². The van der Waals surface area contributed by atoms with Crippen LogP contribution in [0.4, 0.5) is 5.69 Å². The van der Waals surface area contributed by atoms with Crippen LogP contribution in [0.25, 0.3) is 5.57 Å². The highest BCUT2D eigenvalue weighted by Crippen LogP contribution is 2.31.